The van der Waals surface area contributed by atoms with Crippen molar-refractivity contribution in [1.82, 2.24) is 4.83 Å². The van der Waals surface area contributed by atoms with Crippen molar-refractivity contribution in [2.24, 2.45) is 5.10 Å². The van der Waals surface area contributed by atoms with Crippen LogP contribution >= 0.6 is 0 Å². The Morgan fingerprint density at radius 1 is 1.17 bits per heavy atom. The molecule has 0 radical (unpaired) electrons. The fraction of sp³-hybridized carbons (Fsp3) is 0.133. The summed E-state index contributed by atoms with van der Waals surface area (Å²) in [4.78, 5) is 12.7. The molecule has 0 amide bonds. The summed E-state index contributed by atoms with van der Waals surface area (Å²) in [6.07, 6.45) is 0. The van der Waals surface area contributed by atoms with Gasteiger partial charge in [-0.05, 0) is 26.0 Å². The highest BCUT2D eigenvalue weighted by molar-refractivity contribution is 7.89. The average Bonchev–Trinajstić information content (AvgIpc) is 2.53. The zero-order chi connectivity index (χ0) is 17.0. The molecule has 2 aromatic rings. The van der Waals surface area contributed by atoms with Crippen LogP contribution in [0.1, 0.15) is 18.1 Å². The first kappa shape index (κ1) is 16.6. The van der Waals surface area contributed by atoms with E-state index < -0.39 is 14.9 Å². The summed E-state index contributed by atoms with van der Waals surface area (Å²) in [7, 11) is -3.77. The Bertz CT molecular complexity index is 862. The SMILES string of the molecule is C/C(=N/NS(=O)(=O)c1ccccc1)c1ccc(C)c([N+](=O)[O-])c1. The number of hydrazone groups is 1. The molecule has 0 fully saturated rings. The third-order valence-corrected chi connectivity index (χ3v) is 4.44. The summed E-state index contributed by atoms with van der Waals surface area (Å²) >= 11 is 0. The Kier molecular flexibility index (Phi) is 4.75. The standard InChI is InChI=1S/C15H15N3O4S/c1-11-8-9-13(10-15(11)18(19)20)12(2)16-17-23(21,22)14-6-4-3-5-7-14/h3-10,17H,1-2H3/b16-12-. The molecular formula is C15H15N3O4S. The number of nitrogens with one attached hydrogen (secondary N) is 1. The van der Waals surface area contributed by atoms with Gasteiger partial charge in [0.15, 0.2) is 0 Å². The van der Waals surface area contributed by atoms with Crippen molar-refractivity contribution in [3.8, 4) is 0 Å². The molecule has 2 rings (SSSR count). The molecule has 0 aliphatic carbocycles. The molecule has 0 saturated carbocycles. The van der Waals surface area contributed by atoms with Gasteiger partial charge in [-0.3, -0.25) is 10.1 Å². The number of sulfonamides is 1. The van der Waals surface area contributed by atoms with Crippen molar-refractivity contribution >= 4 is 21.4 Å². The van der Waals surface area contributed by atoms with Crippen LogP contribution in [0.4, 0.5) is 5.69 Å². The van der Waals surface area contributed by atoms with E-state index >= 15 is 0 Å². The molecule has 0 aliphatic rings. The third-order valence-electron chi connectivity index (χ3n) is 3.21. The maximum Gasteiger partial charge on any atom is 0.276 e. The van der Waals surface area contributed by atoms with Gasteiger partial charge >= 0.3 is 0 Å². The topological polar surface area (TPSA) is 102 Å². The molecule has 2 aromatic carbocycles. The van der Waals surface area contributed by atoms with Gasteiger partial charge < -0.3 is 0 Å². The molecule has 0 aliphatic heterocycles. The van der Waals surface area contributed by atoms with Crippen molar-refractivity contribution in [3.05, 3.63) is 69.8 Å². The van der Waals surface area contributed by atoms with Crippen LogP contribution in [-0.2, 0) is 10.0 Å². The Balaban J connectivity index is 2.27. The monoisotopic (exact) mass is 333 g/mol. The van der Waals surface area contributed by atoms with E-state index in [1.807, 2.05) is 0 Å². The largest absolute Gasteiger partial charge is 0.276 e. The molecule has 0 unspecified atom stereocenters. The van der Waals surface area contributed by atoms with E-state index in [-0.39, 0.29) is 10.6 Å². The molecule has 0 bridgehead atoms. The van der Waals surface area contributed by atoms with Gasteiger partial charge in [-0.25, -0.2) is 0 Å². The molecule has 0 aromatic heterocycles. The van der Waals surface area contributed by atoms with Crippen LogP contribution in [-0.4, -0.2) is 19.1 Å². The van der Waals surface area contributed by atoms with E-state index in [0.717, 1.165) is 0 Å². The number of nitrogens with zero attached hydrogens (tertiary/aromatic N) is 2. The van der Waals surface area contributed by atoms with E-state index in [2.05, 4.69) is 9.93 Å². The normalized spacial score (nSPS) is 12.0. The fourth-order valence-electron chi connectivity index (χ4n) is 1.88. The number of nitro groups is 1. The van der Waals surface area contributed by atoms with Crippen molar-refractivity contribution in [2.75, 3.05) is 0 Å². The number of hydrogen-bond acceptors (Lipinski definition) is 5. The van der Waals surface area contributed by atoms with Gasteiger partial charge in [0.2, 0.25) is 0 Å². The molecule has 120 valence electrons. The second-order valence-electron chi connectivity index (χ2n) is 4.86. The smallest absolute Gasteiger partial charge is 0.258 e. The molecule has 0 atom stereocenters. The van der Waals surface area contributed by atoms with E-state index in [9.17, 15) is 18.5 Å². The van der Waals surface area contributed by atoms with Crippen LogP contribution in [0.5, 0.6) is 0 Å². The summed E-state index contributed by atoms with van der Waals surface area (Å²) < 4.78 is 24.1. The predicted molar refractivity (Wildman–Crippen MR) is 86.8 cm³/mol. The van der Waals surface area contributed by atoms with Gasteiger partial charge in [-0.1, -0.05) is 30.3 Å². The van der Waals surface area contributed by atoms with Crippen LogP contribution in [0.3, 0.4) is 0 Å². The van der Waals surface area contributed by atoms with E-state index in [1.54, 1.807) is 44.2 Å². The second-order valence-corrected chi connectivity index (χ2v) is 6.52. The van der Waals surface area contributed by atoms with E-state index in [4.69, 9.17) is 0 Å². The number of hydrogen-bond donors (Lipinski definition) is 1. The quantitative estimate of drug-likeness (QED) is 0.516. The Labute approximate surface area is 133 Å². The number of aryl methyl sites for hydroxylation is 1. The maximum atomic E-state index is 12.1. The first-order chi connectivity index (χ1) is 10.8. The number of rotatable bonds is 5. The Morgan fingerprint density at radius 3 is 2.43 bits per heavy atom. The lowest BCUT2D eigenvalue weighted by Gasteiger charge is -2.06. The van der Waals surface area contributed by atoms with Crippen LogP contribution < -0.4 is 4.83 Å². The zero-order valence-corrected chi connectivity index (χ0v) is 13.4. The third kappa shape index (κ3) is 3.92. The lowest BCUT2D eigenvalue weighted by Crippen LogP contribution is -2.19. The Morgan fingerprint density at radius 2 is 1.83 bits per heavy atom. The van der Waals surface area contributed by atoms with Gasteiger partial charge in [-0.15, -0.1) is 0 Å². The van der Waals surface area contributed by atoms with Gasteiger partial charge in [0.05, 0.1) is 15.5 Å². The molecule has 8 heteroatoms. The molecule has 1 N–H and O–H groups in total. The van der Waals surface area contributed by atoms with Crippen LogP contribution in [0, 0.1) is 17.0 Å². The predicted octanol–water partition coefficient (Wildman–Crippen LogP) is 2.61. The average molecular weight is 333 g/mol. The lowest BCUT2D eigenvalue weighted by atomic mass is 10.1. The number of benzene rings is 2. The molecule has 0 heterocycles. The minimum absolute atomic E-state index is 0.0389. The molecular weight excluding hydrogens is 318 g/mol. The highest BCUT2D eigenvalue weighted by atomic mass is 32.2. The summed E-state index contributed by atoms with van der Waals surface area (Å²) in [6.45, 7) is 3.20. The van der Waals surface area contributed by atoms with E-state index in [1.165, 1.54) is 18.2 Å². The molecule has 0 spiro atoms. The highest BCUT2D eigenvalue weighted by Crippen LogP contribution is 2.19. The van der Waals surface area contributed by atoms with E-state index in [0.29, 0.717) is 16.8 Å². The summed E-state index contributed by atoms with van der Waals surface area (Å²) in [5.41, 5.74) is 1.28. The fourth-order valence-corrected chi connectivity index (χ4v) is 2.75. The second kappa shape index (κ2) is 6.57. The van der Waals surface area contributed by atoms with Crippen molar-refractivity contribution in [1.29, 1.82) is 0 Å². The molecule has 7 nitrogen and oxygen atoms in total. The van der Waals surface area contributed by atoms with Gasteiger partial charge in [0.25, 0.3) is 15.7 Å². The first-order valence-corrected chi connectivity index (χ1v) is 8.16. The van der Waals surface area contributed by atoms with Gasteiger partial charge in [-0.2, -0.15) is 18.4 Å². The van der Waals surface area contributed by atoms with Crippen LogP contribution in [0.15, 0.2) is 58.5 Å². The van der Waals surface area contributed by atoms with Crippen molar-refractivity contribution in [2.45, 2.75) is 18.7 Å². The van der Waals surface area contributed by atoms with Gasteiger partial charge in [0, 0.05) is 17.2 Å². The molecule has 23 heavy (non-hydrogen) atoms. The minimum atomic E-state index is -3.77. The first-order valence-electron chi connectivity index (χ1n) is 6.68. The summed E-state index contributed by atoms with van der Waals surface area (Å²) in [5.74, 6) is 0. The maximum absolute atomic E-state index is 12.1. The zero-order valence-electron chi connectivity index (χ0n) is 12.6. The highest BCUT2D eigenvalue weighted by Gasteiger charge is 2.14. The Hall–Kier alpha value is -2.74. The number of nitro benzene ring substituents is 1. The van der Waals surface area contributed by atoms with Crippen molar-refractivity contribution in [3.63, 3.8) is 0 Å². The molecule has 0 saturated heterocycles. The summed E-state index contributed by atoms with van der Waals surface area (Å²) in [5, 5.41) is 14.8. The van der Waals surface area contributed by atoms with Gasteiger partial charge in [0.1, 0.15) is 0 Å². The minimum Gasteiger partial charge on any atom is -0.258 e. The van der Waals surface area contributed by atoms with Crippen molar-refractivity contribution < 1.29 is 13.3 Å². The lowest BCUT2D eigenvalue weighted by molar-refractivity contribution is -0.385. The van der Waals surface area contributed by atoms with Crippen LogP contribution in [0.2, 0.25) is 0 Å². The van der Waals surface area contributed by atoms with Crippen LogP contribution in [0.25, 0.3) is 0 Å². The summed E-state index contributed by atoms with van der Waals surface area (Å²) in [6, 6.07) is 12.4.